The van der Waals surface area contributed by atoms with Gasteiger partial charge in [0.1, 0.15) is 4.99 Å². The monoisotopic (exact) mass is 438 g/mol. The first-order chi connectivity index (χ1) is 15.6. The molecular weight excluding hydrogens is 416 g/mol. The van der Waals surface area contributed by atoms with Crippen molar-refractivity contribution in [1.29, 1.82) is 0 Å². The maximum absolute atomic E-state index is 13.5. The van der Waals surface area contributed by atoms with Crippen LogP contribution in [0.4, 0.5) is 11.4 Å². The van der Waals surface area contributed by atoms with Gasteiger partial charge in [0.05, 0.1) is 18.8 Å². The number of benzene rings is 3. The number of carbonyl (C=O) groups excluding carboxylic acids is 1. The fourth-order valence-electron chi connectivity index (χ4n) is 4.01. The first-order valence-corrected chi connectivity index (χ1v) is 10.9. The van der Waals surface area contributed by atoms with Gasteiger partial charge in [0, 0.05) is 28.7 Å². The number of hydrogen-bond acceptors (Lipinski definition) is 3. The van der Waals surface area contributed by atoms with E-state index in [4.69, 9.17) is 12.2 Å². The molecule has 0 saturated carbocycles. The third-order valence-electron chi connectivity index (χ3n) is 5.75. The summed E-state index contributed by atoms with van der Waals surface area (Å²) in [6.45, 7) is 3.17. The number of fused-ring (bicyclic) bond motifs is 2. The van der Waals surface area contributed by atoms with Crippen molar-refractivity contribution in [3.63, 3.8) is 0 Å². The fraction of sp³-hybridized carbons (Fsp3) is 0.115. The van der Waals surface area contributed by atoms with Crippen molar-refractivity contribution in [1.82, 2.24) is 9.78 Å². The number of anilines is 2. The van der Waals surface area contributed by atoms with Gasteiger partial charge in [0.25, 0.3) is 5.91 Å². The molecule has 0 fully saturated rings. The second-order valence-corrected chi connectivity index (χ2v) is 8.25. The second kappa shape index (κ2) is 8.40. The highest BCUT2D eigenvalue weighted by atomic mass is 32.1. The number of carbonyl (C=O) groups is 1. The number of rotatable bonds is 3. The Morgan fingerprint density at radius 1 is 0.938 bits per heavy atom. The van der Waals surface area contributed by atoms with Gasteiger partial charge in [-0.1, -0.05) is 54.7 Å². The number of aryl methyl sites for hydroxylation is 1. The van der Waals surface area contributed by atoms with Crippen molar-refractivity contribution < 1.29 is 4.79 Å². The minimum atomic E-state index is -0.0415. The van der Waals surface area contributed by atoms with E-state index in [2.05, 4.69) is 10.4 Å². The predicted octanol–water partition coefficient (Wildman–Crippen LogP) is 5.19. The summed E-state index contributed by atoms with van der Waals surface area (Å²) < 4.78 is 1.95. The summed E-state index contributed by atoms with van der Waals surface area (Å²) in [6, 6.07) is 25.5. The fourth-order valence-corrected chi connectivity index (χ4v) is 4.36. The molecule has 1 aliphatic rings. The number of para-hydroxylation sites is 1. The molecule has 0 aliphatic carbocycles. The SMILES string of the molecule is Cc1ccccc1C(=S)Nc1ccc(C(=O)N2Cc3ccnn3Cc3ccccc32)cc1. The molecule has 1 N–H and O–H groups in total. The lowest BCUT2D eigenvalue weighted by molar-refractivity contribution is 0.0985. The molecule has 1 aromatic heterocycles. The first-order valence-electron chi connectivity index (χ1n) is 10.5. The summed E-state index contributed by atoms with van der Waals surface area (Å²) >= 11 is 5.57. The van der Waals surface area contributed by atoms with Crippen molar-refractivity contribution in [2.75, 3.05) is 10.2 Å². The molecule has 32 heavy (non-hydrogen) atoms. The van der Waals surface area contributed by atoms with E-state index in [1.807, 2.05) is 95.4 Å². The van der Waals surface area contributed by atoms with Crippen LogP contribution in [0.25, 0.3) is 0 Å². The van der Waals surface area contributed by atoms with Crippen molar-refractivity contribution in [2.45, 2.75) is 20.0 Å². The van der Waals surface area contributed by atoms with Gasteiger partial charge in [-0.05, 0) is 54.4 Å². The molecule has 2 heterocycles. The zero-order chi connectivity index (χ0) is 22.1. The largest absolute Gasteiger partial charge is 0.346 e. The Balaban J connectivity index is 1.39. The number of amides is 1. The van der Waals surface area contributed by atoms with Crippen LogP contribution in [0.5, 0.6) is 0 Å². The zero-order valence-electron chi connectivity index (χ0n) is 17.7. The average Bonchev–Trinajstić information content (AvgIpc) is 3.18. The van der Waals surface area contributed by atoms with Gasteiger partial charge in [-0.15, -0.1) is 0 Å². The van der Waals surface area contributed by atoms with E-state index >= 15 is 0 Å². The van der Waals surface area contributed by atoms with Crippen LogP contribution < -0.4 is 10.2 Å². The van der Waals surface area contributed by atoms with E-state index in [9.17, 15) is 4.79 Å². The predicted molar refractivity (Wildman–Crippen MR) is 131 cm³/mol. The molecule has 0 unspecified atom stereocenters. The summed E-state index contributed by atoms with van der Waals surface area (Å²) in [6.07, 6.45) is 1.78. The van der Waals surface area contributed by atoms with E-state index in [-0.39, 0.29) is 5.91 Å². The Morgan fingerprint density at radius 2 is 1.69 bits per heavy atom. The minimum Gasteiger partial charge on any atom is -0.346 e. The lowest BCUT2D eigenvalue weighted by Gasteiger charge is -2.23. The van der Waals surface area contributed by atoms with Crippen molar-refractivity contribution in [3.8, 4) is 0 Å². The van der Waals surface area contributed by atoms with E-state index in [0.29, 0.717) is 23.6 Å². The minimum absolute atomic E-state index is 0.0415. The van der Waals surface area contributed by atoms with E-state index in [1.54, 1.807) is 6.20 Å². The van der Waals surface area contributed by atoms with Crippen molar-refractivity contribution in [3.05, 3.63) is 113 Å². The van der Waals surface area contributed by atoms with Gasteiger partial charge in [-0.2, -0.15) is 5.10 Å². The summed E-state index contributed by atoms with van der Waals surface area (Å²) in [5.41, 5.74) is 6.60. The molecule has 158 valence electrons. The second-order valence-electron chi connectivity index (χ2n) is 7.85. The standard InChI is InChI=1S/C26H22N4OS/c1-18-6-2-4-8-23(18)25(32)28-21-12-10-19(11-13-21)26(31)29-17-22-14-15-27-30(22)16-20-7-3-5-9-24(20)29/h2-15H,16-17H2,1H3,(H,28,32). The summed E-state index contributed by atoms with van der Waals surface area (Å²) in [7, 11) is 0. The van der Waals surface area contributed by atoms with Crippen LogP contribution in [0.3, 0.4) is 0 Å². The van der Waals surface area contributed by atoms with Gasteiger partial charge in [-0.3, -0.25) is 9.48 Å². The third-order valence-corrected chi connectivity index (χ3v) is 6.07. The van der Waals surface area contributed by atoms with Crippen molar-refractivity contribution >= 4 is 34.5 Å². The number of nitrogens with one attached hydrogen (secondary N) is 1. The lowest BCUT2D eigenvalue weighted by atomic mass is 10.1. The quantitative estimate of drug-likeness (QED) is 0.448. The molecule has 5 rings (SSSR count). The van der Waals surface area contributed by atoms with Crippen LogP contribution >= 0.6 is 12.2 Å². The molecule has 3 aromatic carbocycles. The Morgan fingerprint density at radius 3 is 2.50 bits per heavy atom. The normalized spacial score (nSPS) is 12.5. The van der Waals surface area contributed by atoms with E-state index < -0.39 is 0 Å². The maximum Gasteiger partial charge on any atom is 0.258 e. The highest BCUT2D eigenvalue weighted by molar-refractivity contribution is 7.81. The molecule has 0 spiro atoms. The smallest absolute Gasteiger partial charge is 0.258 e. The summed E-state index contributed by atoms with van der Waals surface area (Å²) in [4.78, 5) is 16.0. The third kappa shape index (κ3) is 3.81. The Kier molecular flexibility index (Phi) is 5.29. The molecule has 0 radical (unpaired) electrons. The van der Waals surface area contributed by atoms with Crippen molar-refractivity contribution in [2.24, 2.45) is 0 Å². The van der Waals surface area contributed by atoms with Crippen LogP contribution in [0.2, 0.25) is 0 Å². The van der Waals surface area contributed by atoms with Crippen LogP contribution in [0.15, 0.2) is 85.1 Å². The number of hydrogen-bond donors (Lipinski definition) is 1. The van der Waals surface area contributed by atoms with Crippen LogP contribution in [-0.2, 0) is 13.1 Å². The Bertz CT molecular complexity index is 1310. The Labute approximate surface area is 192 Å². The number of aromatic nitrogens is 2. The first kappa shape index (κ1) is 20.2. The highest BCUT2D eigenvalue weighted by Crippen LogP contribution is 2.28. The number of thiocarbonyl (C=S) groups is 1. The molecular formula is C26H22N4OS. The topological polar surface area (TPSA) is 50.2 Å². The lowest BCUT2D eigenvalue weighted by Crippen LogP contribution is -2.30. The van der Waals surface area contributed by atoms with Crippen LogP contribution in [0, 0.1) is 6.92 Å². The van der Waals surface area contributed by atoms with Crippen LogP contribution in [0.1, 0.15) is 32.7 Å². The van der Waals surface area contributed by atoms with E-state index in [1.165, 1.54) is 0 Å². The molecule has 0 bridgehead atoms. The molecule has 4 aromatic rings. The Hall–Kier alpha value is -3.77. The molecule has 5 nitrogen and oxygen atoms in total. The molecule has 1 aliphatic heterocycles. The summed E-state index contributed by atoms with van der Waals surface area (Å²) in [5, 5.41) is 7.69. The zero-order valence-corrected chi connectivity index (χ0v) is 18.5. The van der Waals surface area contributed by atoms with E-state index in [0.717, 1.165) is 33.8 Å². The van der Waals surface area contributed by atoms with Crippen LogP contribution in [-0.4, -0.2) is 20.7 Å². The average molecular weight is 439 g/mol. The highest BCUT2D eigenvalue weighted by Gasteiger charge is 2.25. The van der Waals surface area contributed by atoms with Gasteiger partial charge in [-0.25, -0.2) is 0 Å². The van der Waals surface area contributed by atoms with Gasteiger partial charge >= 0.3 is 0 Å². The van der Waals surface area contributed by atoms with Gasteiger partial charge in [0.2, 0.25) is 0 Å². The molecule has 1 amide bonds. The molecule has 0 atom stereocenters. The maximum atomic E-state index is 13.5. The molecule has 6 heteroatoms. The number of nitrogens with zero attached hydrogens (tertiary/aromatic N) is 3. The summed E-state index contributed by atoms with van der Waals surface area (Å²) in [5.74, 6) is -0.0415. The molecule has 0 saturated heterocycles. The van der Waals surface area contributed by atoms with Gasteiger partial charge in [0.15, 0.2) is 0 Å². The van der Waals surface area contributed by atoms with Gasteiger partial charge < -0.3 is 10.2 Å².